The molecule has 0 saturated carbocycles. The van der Waals surface area contributed by atoms with E-state index in [-0.39, 0.29) is 56.3 Å². The van der Waals surface area contributed by atoms with E-state index in [9.17, 15) is 13.0 Å². The van der Waals surface area contributed by atoms with Crippen LogP contribution in [-0.2, 0) is 10.1 Å². The van der Waals surface area contributed by atoms with Crippen LogP contribution in [0.3, 0.4) is 0 Å². The van der Waals surface area contributed by atoms with Crippen LogP contribution < -0.4 is 51.4 Å². The van der Waals surface area contributed by atoms with E-state index >= 15 is 0 Å². The zero-order valence-corrected chi connectivity index (χ0v) is 12.4. The number of benzene rings is 1. The van der Waals surface area contributed by atoms with Crippen LogP contribution in [0.1, 0.15) is 0 Å². The largest absolute Gasteiger partial charge is 1.00 e. The molecule has 0 aromatic heterocycles. The van der Waals surface area contributed by atoms with Gasteiger partial charge in [0.2, 0.25) is 0 Å². The predicted octanol–water partition coefficient (Wildman–Crippen LogP) is -1.80. The Bertz CT molecular complexity index is 363. The molecule has 0 heterocycles. The summed E-state index contributed by atoms with van der Waals surface area (Å²) < 4.78 is 32.0. The van der Waals surface area contributed by atoms with E-state index in [0.29, 0.717) is 0 Å². The van der Waals surface area contributed by atoms with Gasteiger partial charge < -0.3 is 4.55 Å². The minimum atomic E-state index is -4.28. The zero-order chi connectivity index (χ0) is 8.48. The average molecular weight is 322 g/mol. The minimum Gasteiger partial charge on any atom is -0.744 e. The van der Waals surface area contributed by atoms with E-state index < -0.39 is 10.1 Å². The molecule has 0 spiro atoms. The van der Waals surface area contributed by atoms with E-state index in [4.69, 9.17) is 0 Å². The summed E-state index contributed by atoms with van der Waals surface area (Å²) in [5, 5.41) is 0. The van der Waals surface area contributed by atoms with E-state index in [1.807, 2.05) is 22.6 Å². The van der Waals surface area contributed by atoms with Crippen LogP contribution in [0.15, 0.2) is 29.2 Å². The van der Waals surface area contributed by atoms with E-state index in [0.717, 1.165) is 3.57 Å². The molecular weight excluding hydrogens is 318 g/mol. The summed E-state index contributed by atoms with van der Waals surface area (Å²) in [6.45, 7) is 0. The molecule has 1 aromatic carbocycles. The summed E-state index contributed by atoms with van der Waals surface area (Å²) in [6.07, 6.45) is 0. The summed E-state index contributed by atoms with van der Waals surface area (Å²) in [4.78, 5) is -0.176. The minimum absolute atomic E-state index is 0. The fourth-order valence-corrected chi connectivity index (χ4v) is 1.89. The molecule has 1 aromatic rings. The monoisotopic (exact) mass is 322 g/mol. The van der Waals surface area contributed by atoms with Crippen molar-refractivity contribution < 1.29 is 64.4 Å². The van der Waals surface area contributed by atoms with Gasteiger partial charge in [0.1, 0.15) is 10.1 Å². The maximum atomic E-state index is 10.4. The van der Waals surface area contributed by atoms with Crippen molar-refractivity contribution in [2.75, 3.05) is 0 Å². The molecule has 0 aliphatic heterocycles. The van der Waals surface area contributed by atoms with Crippen molar-refractivity contribution in [3.05, 3.63) is 27.8 Å². The molecule has 0 saturated heterocycles. The topological polar surface area (TPSA) is 57.2 Å². The molecule has 0 N–H and O–H groups in total. The van der Waals surface area contributed by atoms with Crippen molar-refractivity contribution in [2.24, 2.45) is 0 Å². The number of rotatable bonds is 1. The fourth-order valence-electron chi connectivity index (χ4n) is 0.623. The maximum absolute atomic E-state index is 10.4. The van der Waals surface area contributed by atoms with Gasteiger partial charge >= 0.3 is 51.4 Å². The van der Waals surface area contributed by atoms with Gasteiger partial charge in [0.05, 0.1) is 4.90 Å². The van der Waals surface area contributed by atoms with Crippen LogP contribution >= 0.6 is 22.6 Å². The van der Waals surface area contributed by atoms with Gasteiger partial charge in [-0.05, 0) is 40.8 Å². The predicted molar refractivity (Wildman–Crippen MR) is 47.1 cm³/mol. The Hall–Kier alpha value is 1.50. The Kier molecular flexibility index (Phi) is 6.07. The molecule has 0 atom stereocenters. The Morgan fingerprint density at radius 3 is 2.25 bits per heavy atom. The van der Waals surface area contributed by atoms with Gasteiger partial charge in [-0.15, -0.1) is 0 Å². The Balaban J connectivity index is 0.00000121. The summed E-state index contributed by atoms with van der Waals surface area (Å²) >= 11 is 1.94. The first-order valence-electron chi connectivity index (χ1n) is 2.71. The van der Waals surface area contributed by atoms with Crippen molar-refractivity contribution in [3.63, 3.8) is 0 Å². The SMILES string of the molecule is O=S(=O)([O-])c1cccc(I)c1.[K+]. The molecule has 0 amide bonds. The van der Waals surface area contributed by atoms with Crippen LogP contribution in [-0.4, -0.2) is 13.0 Å². The number of hydrogen-bond donors (Lipinski definition) is 0. The second-order valence-electron chi connectivity index (χ2n) is 1.91. The second-order valence-corrected chi connectivity index (χ2v) is 4.54. The first kappa shape index (κ1) is 13.5. The van der Waals surface area contributed by atoms with Crippen molar-refractivity contribution in [1.29, 1.82) is 0 Å². The Morgan fingerprint density at radius 1 is 1.33 bits per heavy atom. The van der Waals surface area contributed by atoms with E-state index in [2.05, 4.69) is 0 Å². The van der Waals surface area contributed by atoms with Crippen LogP contribution in [0.25, 0.3) is 0 Å². The molecule has 0 radical (unpaired) electrons. The number of halogens is 1. The molecule has 3 nitrogen and oxygen atoms in total. The third-order valence-corrected chi connectivity index (χ3v) is 2.59. The van der Waals surface area contributed by atoms with Gasteiger partial charge in [0, 0.05) is 3.57 Å². The second kappa shape index (κ2) is 5.40. The van der Waals surface area contributed by atoms with Crippen LogP contribution in [0.2, 0.25) is 0 Å². The van der Waals surface area contributed by atoms with Gasteiger partial charge in [-0.25, -0.2) is 8.42 Å². The summed E-state index contributed by atoms with van der Waals surface area (Å²) in [6, 6.07) is 5.87. The quantitative estimate of drug-likeness (QED) is 0.348. The van der Waals surface area contributed by atoms with Gasteiger partial charge in [0.15, 0.2) is 0 Å². The van der Waals surface area contributed by atoms with E-state index in [1.54, 1.807) is 6.07 Å². The Labute approximate surface area is 127 Å². The van der Waals surface area contributed by atoms with Crippen molar-refractivity contribution in [3.8, 4) is 0 Å². The molecular formula is C6H4IKO3S. The standard InChI is InChI=1S/C6H5IO3S.K/c7-5-2-1-3-6(4-5)11(8,9)10;/h1-4H,(H,8,9,10);/q;+1/p-1. The van der Waals surface area contributed by atoms with E-state index in [1.165, 1.54) is 18.2 Å². The third kappa shape index (κ3) is 4.14. The zero-order valence-electron chi connectivity index (χ0n) is 6.32. The first-order chi connectivity index (χ1) is 5.00. The molecule has 60 valence electrons. The Morgan fingerprint density at radius 2 is 1.92 bits per heavy atom. The smallest absolute Gasteiger partial charge is 0.744 e. The van der Waals surface area contributed by atoms with Crippen LogP contribution in [0.4, 0.5) is 0 Å². The molecule has 6 heteroatoms. The summed E-state index contributed by atoms with van der Waals surface area (Å²) in [5.41, 5.74) is 0. The van der Waals surface area contributed by atoms with Crippen molar-refractivity contribution in [1.82, 2.24) is 0 Å². The normalized spacial score (nSPS) is 10.5. The molecule has 12 heavy (non-hydrogen) atoms. The van der Waals surface area contributed by atoms with Gasteiger partial charge in [0.25, 0.3) is 0 Å². The molecule has 1 rings (SSSR count). The average Bonchev–Trinajstić information content (AvgIpc) is 1.86. The molecule has 0 aliphatic carbocycles. The van der Waals surface area contributed by atoms with Gasteiger partial charge in [-0.1, -0.05) is 6.07 Å². The van der Waals surface area contributed by atoms with Gasteiger partial charge in [-0.3, -0.25) is 0 Å². The first-order valence-corrected chi connectivity index (χ1v) is 5.20. The molecule has 0 aliphatic rings. The molecule has 0 fully saturated rings. The number of hydrogen-bond acceptors (Lipinski definition) is 3. The molecule has 0 unspecified atom stereocenters. The summed E-state index contributed by atoms with van der Waals surface area (Å²) in [5.74, 6) is 0. The van der Waals surface area contributed by atoms with Crippen LogP contribution in [0, 0.1) is 3.57 Å². The third-order valence-electron chi connectivity index (χ3n) is 1.08. The summed E-state index contributed by atoms with van der Waals surface area (Å²) in [7, 11) is -4.28. The fraction of sp³-hybridized carbons (Fsp3) is 0. The van der Waals surface area contributed by atoms with Crippen LogP contribution in [0.5, 0.6) is 0 Å². The molecule has 0 bridgehead atoms. The van der Waals surface area contributed by atoms with Crippen molar-refractivity contribution in [2.45, 2.75) is 4.90 Å². The maximum Gasteiger partial charge on any atom is 1.00 e. The van der Waals surface area contributed by atoms with Crippen molar-refractivity contribution >= 4 is 32.7 Å². The van der Waals surface area contributed by atoms with Gasteiger partial charge in [-0.2, -0.15) is 0 Å².